The van der Waals surface area contributed by atoms with E-state index in [0.717, 1.165) is 32.1 Å². The Hall–Kier alpha value is -2.83. The van der Waals surface area contributed by atoms with Gasteiger partial charge >= 0.3 is 0 Å². The molecule has 0 radical (unpaired) electrons. The van der Waals surface area contributed by atoms with Crippen molar-refractivity contribution in [3.05, 3.63) is 88.3 Å². The van der Waals surface area contributed by atoms with Crippen molar-refractivity contribution >= 4 is 38.9 Å². The third-order valence-corrected chi connectivity index (χ3v) is 5.25. The first kappa shape index (κ1) is 17.6. The van der Waals surface area contributed by atoms with Gasteiger partial charge in [-0.2, -0.15) is 0 Å². The summed E-state index contributed by atoms with van der Waals surface area (Å²) in [4.78, 5) is 21.5. The van der Waals surface area contributed by atoms with Crippen LogP contribution in [0.3, 0.4) is 0 Å². The molecule has 1 N–H and O–H groups in total. The van der Waals surface area contributed by atoms with Crippen LogP contribution in [0.5, 0.6) is 0 Å². The number of rotatable bonds is 4. The minimum atomic E-state index is -0.152. The van der Waals surface area contributed by atoms with Crippen LogP contribution in [-0.2, 0) is 0 Å². The molecular weight excluding hydrogens is 422 g/mol. The Bertz CT molecular complexity index is 1100. The van der Waals surface area contributed by atoms with E-state index in [1.165, 1.54) is 0 Å². The molecule has 2 aromatic heterocycles. The molecular formula is C21H14BrN3OS. The third-order valence-electron chi connectivity index (χ3n) is 3.89. The normalized spacial score (nSPS) is 10.6. The summed E-state index contributed by atoms with van der Waals surface area (Å²) in [5.41, 5.74) is 3.98. The van der Waals surface area contributed by atoms with Crippen LogP contribution in [0.1, 0.15) is 10.4 Å². The van der Waals surface area contributed by atoms with Gasteiger partial charge < -0.3 is 5.32 Å². The lowest BCUT2D eigenvalue weighted by Crippen LogP contribution is -2.11. The lowest BCUT2D eigenvalue weighted by atomic mass is 10.1. The number of carbonyl (C=O) groups is 1. The van der Waals surface area contributed by atoms with E-state index in [9.17, 15) is 4.79 Å². The van der Waals surface area contributed by atoms with Gasteiger partial charge in [0, 0.05) is 32.9 Å². The number of nitrogens with one attached hydrogen (secondary N) is 1. The van der Waals surface area contributed by atoms with Crippen LogP contribution in [0, 0.1) is 0 Å². The second-order valence-electron chi connectivity index (χ2n) is 5.80. The van der Waals surface area contributed by atoms with Gasteiger partial charge in [0.05, 0.1) is 11.4 Å². The highest BCUT2D eigenvalue weighted by Crippen LogP contribution is 2.29. The molecule has 2 aromatic carbocycles. The molecule has 0 fully saturated rings. The van der Waals surface area contributed by atoms with Gasteiger partial charge in [0.15, 0.2) is 0 Å². The van der Waals surface area contributed by atoms with Crippen molar-refractivity contribution in [3.63, 3.8) is 0 Å². The Kier molecular flexibility index (Phi) is 5.09. The maximum Gasteiger partial charge on any atom is 0.255 e. The number of nitrogens with zero attached hydrogens (tertiary/aromatic N) is 2. The van der Waals surface area contributed by atoms with Crippen molar-refractivity contribution in [1.29, 1.82) is 0 Å². The topological polar surface area (TPSA) is 54.9 Å². The van der Waals surface area contributed by atoms with E-state index in [1.807, 2.05) is 60.0 Å². The van der Waals surface area contributed by atoms with E-state index in [1.54, 1.807) is 29.7 Å². The number of anilines is 1. The highest BCUT2D eigenvalue weighted by Gasteiger charge is 2.10. The van der Waals surface area contributed by atoms with Crippen molar-refractivity contribution in [3.8, 4) is 22.0 Å². The molecule has 27 heavy (non-hydrogen) atoms. The van der Waals surface area contributed by atoms with Crippen LogP contribution < -0.4 is 5.32 Å². The fourth-order valence-electron chi connectivity index (χ4n) is 2.60. The van der Waals surface area contributed by atoms with Crippen LogP contribution in [0.15, 0.2) is 82.8 Å². The summed E-state index contributed by atoms with van der Waals surface area (Å²) in [6.45, 7) is 0. The zero-order chi connectivity index (χ0) is 18.6. The van der Waals surface area contributed by atoms with Gasteiger partial charge in [-0.05, 0) is 42.5 Å². The van der Waals surface area contributed by atoms with E-state index >= 15 is 0 Å². The Labute approximate surface area is 169 Å². The predicted octanol–water partition coefficient (Wildman–Crippen LogP) is 5.89. The first-order valence-corrected chi connectivity index (χ1v) is 9.90. The van der Waals surface area contributed by atoms with E-state index in [2.05, 4.69) is 31.2 Å². The van der Waals surface area contributed by atoms with Crippen LogP contribution >= 0.6 is 27.3 Å². The quantitative estimate of drug-likeness (QED) is 0.434. The molecule has 0 saturated heterocycles. The minimum Gasteiger partial charge on any atom is -0.322 e. The molecule has 0 saturated carbocycles. The summed E-state index contributed by atoms with van der Waals surface area (Å²) in [5, 5.41) is 5.81. The molecule has 4 nitrogen and oxygen atoms in total. The monoisotopic (exact) mass is 435 g/mol. The average molecular weight is 436 g/mol. The summed E-state index contributed by atoms with van der Waals surface area (Å²) in [7, 11) is 0. The molecule has 0 atom stereocenters. The number of pyridine rings is 1. The van der Waals surface area contributed by atoms with E-state index in [4.69, 9.17) is 0 Å². The van der Waals surface area contributed by atoms with Crippen molar-refractivity contribution in [2.75, 3.05) is 5.32 Å². The third kappa shape index (κ3) is 4.13. The lowest BCUT2D eigenvalue weighted by Gasteiger charge is -2.07. The molecule has 0 bridgehead atoms. The van der Waals surface area contributed by atoms with Gasteiger partial charge in [-0.1, -0.05) is 40.2 Å². The Balaban J connectivity index is 1.56. The number of aromatic nitrogens is 2. The smallest absolute Gasteiger partial charge is 0.255 e. The largest absolute Gasteiger partial charge is 0.322 e. The van der Waals surface area contributed by atoms with Gasteiger partial charge in [-0.3, -0.25) is 9.78 Å². The molecule has 0 aliphatic rings. The van der Waals surface area contributed by atoms with Crippen molar-refractivity contribution in [1.82, 2.24) is 9.97 Å². The number of amides is 1. The van der Waals surface area contributed by atoms with Crippen molar-refractivity contribution < 1.29 is 4.79 Å². The second-order valence-corrected chi connectivity index (χ2v) is 7.57. The summed E-state index contributed by atoms with van der Waals surface area (Å²) in [5.74, 6) is -0.152. The number of hydrogen-bond acceptors (Lipinski definition) is 4. The standard InChI is InChI=1S/C21H14BrN3OS/c22-16-7-3-6-15(11-16)20(26)24-17-8-4-5-14(12-17)19-13-27-21(25-19)18-9-1-2-10-23-18/h1-13H,(H,24,26). The number of benzene rings is 2. The number of carbonyl (C=O) groups excluding carboxylic acids is 1. The molecule has 4 aromatic rings. The summed E-state index contributed by atoms with van der Waals surface area (Å²) in [6.07, 6.45) is 1.76. The average Bonchev–Trinajstić information content (AvgIpc) is 3.19. The molecule has 4 rings (SSSR count). The molecule has 0 aliphatic carbocycles. The maximum atomic E-state index is 12.4. The van der Waals surface area contributed by atoms with E-state index in [0.29, 0.717) is 5.56 Å². The maximum absolute atomic E-state index is 12.4. The SMILES string of the molecule is O=C(Nc1cccc(-c2csc(-c3ccccn3)n2)c1)c1cccc(Br)c1. The van der Waals surface area contributed by atoms with E-state index in [-0.39, 0.29) is 5.91 Å². The Morgan fingerprint density at radius 3 is 2.67 bits per heavy atom. The lowest BCUT2D eigenvalue weighted by molar-refractivity contribution is 0.102. The van der Waals surface area contributed by atoms with Crippen LogP contribution in [0.2, 0.25) is 0 Å². The summed E-state index contributed by atoms with van der Waals surface area (Å²) in [6, 6.07) is 20.7. The van der Waals surface area contributed by atoms with Crippen molar-refractivity contribution in [2.24, 2.45) is 0 Å². The molecule has 2 heterocycles. The van der Waals surface area contributed by atoms with Gasteiger partial charge in [-0.15, -0.1) is 11.3 Å². The van der Waals surface area contributed by atoms with Crippen LogP contribution in [0.25, 0.3) is 22.0 Å². The molecule has 1 amide bonds. The van der Waals surface area contributed by atoms with Gasteiger partial charge in [-0.25, -0.2) is 4.98 Å². The minimum absolute atomic E-state index is 0.152. The first-order chi connectivity index (χ1) is 13.2. The van der Waals surface area contributed by atoms with E-state index < -0.39 is 0 Å². The highest BCUT2D eigenvalue weighted by molar-refractivity contribution is 9.10. The molecule has 0 aliphatic heterocycles. The first-order valence-electron chi connectivity index (χ1n) is 8.23. The fraction of sp³-hybridized carbons (Fsp3) is 0. The highest BCUT2D eigenvalue weighted by atomic mass is 79.9. The fourth-order valence-corrected chi connectivity index (χ4v) is 3.81. The zero-order valence-corrected chi connectivity index (χ0v) is 16.5. The number of hydrogen-bond donors (Lipinski definition) is 1. The van der Waals surface area contributed by atoms with Gasteiger partial charge in [0.25, 0.3) is 5.91 Å². The second kappa shape index (κ2) is 7.82. The Morgan fingerprint density at radius 2 is 1.85 bits per heavy atom. The number of thiazole rings is 1. The summed E-state index contributed by atoms with van der Waals surface area (Å²) < 4.78 is 0.869. The molecule has 0 spiro atoms. The predicted molar refractivity (Wildman–Crippen MR) is 113 cm³/mol. The molecule has 132 valence electrons. The van der Waals surface area contributed by atoms with Crippen molar-refractivity contribution in [2.45, 2.75) is 0 Å². The molecule has 6 heteroatoms. The van der Waals surface area contributed by atoms with Crippen LogP contribution in [0.4, 0.5) is 5.69 Å². The van der Waals surface area contributed by atoms with Crippen LogP contribution in [-0.4, -0.2) is 15.9 Å². The Morgan fingerprint density at radius 1 is 0.963 bits per heavy atom. The number of halogens is 1. The summed E-state index contributed by atoms with van der Waals surface area (Å²) >= 11 is 4.94. The molecule has 0 unspecified atom stereocenters. The zero-order valence-electron chi connectivity index (χ0n) is 14.1. The van der Waals surface area contributed by atoms with Gasteiger partial charge in [0.1, 0.15) is 5.01 Å². The van der Waals surface area contributed by atoms with Gasteiger partial charge in [0.2, 0.25) is 0 Å².